The Hall–Kier alpha value is -2.80. The van der Waals surface area contributed by atoms with Crippen LogP contribution in [0.3, 0.4) is 0 Å². The van der Waals surface area contributed by atoms with E-state index in [9.17, 15) is 4.79 Å². The van der Waals surface area contributed by atoms with Crippen molar-refractivity contribution in [2.45, 2.75) is 23.9 Å². The molecule has 0 aliphatic heterocycles. The number of amides is 1. The van der Waals surface area contributed by atoms with E-state index in [0.717, 1.165) is 22.7 Å². The van der Waals surface area contributed by atoms with E-state index in [0.29, 0.717) is 11.7 Å². The molecule has 0 bridgehead atoms. The number of hydrogen-bond acceptors (Lipinski definition) is 5. The van der Waals surface area contributed by atoms with Crippen LogP contribution in [-0.4, -0.2) is 45.0 Å². The molecule has 0 saturated heterocycles. The molecule has 3 aromatic rings. The number of hydrogen-bond donors (Lipinski definition) is 0. The van der Waals surface area contributed by atoms with Gasteiger partial charge in [0.1, 0.15) is 5.75 Å². The van der Waals surface area contributed by atoms with Crippen LogP contribution in [-0.2, 0) is 18.4 Å². The van der Waals surface area contributed by atoms with E-state index >= 15 is 0 Å². The first-order valence-electron chi connectivity index (χ1n) is 8.99. The van der Waals surface area contributed by atoms with Crippen molar-refractivity contribution in [3.63, 3.8) is 0 Å². The predicted octanol–water partition coefficient (Wildman–Crippen LogP) is 3.63. The highest BCUT2D eigenvalue weighted by Gasteiger charge is 2.22. The zero-order valence-electron chi connectivity index (χ0n) is 16.5. The van der Waals surface area contributed by atoms with Crippen molar-refractivity contribution in [2.24, 2.45) is 7.05 Å². The van der Waals surface area contributed by atoms with Gasteiger partial charge in [0, 0.05) is 26.2 Å². The second-order valence-corrected chi connectivity index (χ2v) is 7.84. The maximum atomic E-state index is 12.7. The molecule has 0 radical (unpaired) electrons. The third-order valence-corrected chi connectivity index (χ3v) is 5.57. The summed E-state index contributed by atoms with van der Waals surface area (Å²) in [7, 11) is 5.37. The van der Waals surface area contributed by atoms with Crippen molar-refractivity contribution in [1.82, 2.24) is 19.7 Å². The average molecular weight is 397 g/mol. The molecule has 2 aromatic carbocycles. The summed E-state index contributed by atoms with van der Waals surface area (Å²) in [6.07, 6.45) is 0. The third kappa shape index (κ3) is 4.54. The highest BCUT2D eigenvalue weighted by molar-refractivity contribution is 8.00. The van der Waals surface area contributed by atoms with Crippen LogP contribution < -0.4 is 4.74 Å². The molecule has 6 nitrogen and oxygen atoms in total. The first kappa shape index (κ1) is 19.9. The number of carbonyl (C=O) groups is 1. The lowest BCUT2D eigenvalue weighted by atomic mass is 10.2. The van der Waals surface area contributed by atoms with E-state index in [4.69, 9.17) is 4.74 Å². The molecule has 1 amide bonds. The van der Waals surface area contributed by atoms with E-state index < -0.39 is 0 Å². The van der Waals surface area contributed by atoms with Crippen LogP contribution in [0.1, 0.15) is 12.5 Å². The summed E-state index contributed by atoms with van der Waals surface area (Å²) in [5.74, 6) is 1.60. The Labute approximate surface area is 169 Å². The zero-order chi connectivity index (χ0) is 20.1. The summed E-state index contributed by atoms with van der Waals surface area (Å²) < 4.78 is 7.11. The number of carbonyl (C=O) groups excluding carboxylic acids is 1. The minimum Gasteiger partial charge on any atom is -0.497 e. The standard InChI is InChI=1S/C21H24N4O2S/c1-15(20(26)24(2)14-16-8-6-5-7-9-16)28-21-23-22-19(25(21)3)17-10-12-18(27-4)13-11-17/h5-13,15H,14H2,1-4H3/t15-/m0/s1. The molecule has 0 spiro atoms. The fourth-order valence-corrected chi connectivity index (χ4v) is 3.79. The van der Waals surface area contributed by atoms with E-state index in [2.05, 4.69) is 10.2 Å². The fourth-order valence-electron chi connectivity index (χ4n) is 2.86. The van der Waals surface area contributed by atoms with Crippen molar-refractivity contribution >= 4 is 17.7 Å². The van der Waals surface area contributed by atoms with E-state index in [-0.39, 0.29) is 11.2 Å². The first-order valence-corrected chi connectivity index (χ1v) is 9.87. The monoisotopic (exact) mass is 396 g/mol. The van der Waals surface area contributed by atoms with Crippen LogP contribution in [0.15, 0.2) is 59.8 Å². The highest BCUT2D eigenvalue weighted by Crippen LogP contribution is 2.27. The summed E-state index contributed by atoms with van der Waals surface area (Å²) in [6.45, 7) is 2.48. The summed E-state index contributed by atoms with van der Waals surface area (Å²) in [6, 6.07) is 17.6. The summed E-state index contributed by atoms with van der Waals surface area (Å²) in [5, 5.41) is 9.01. The van der Waals surface area contributed by atoms with Gasteiger partial charge >= 0.3 is 0 Å². The molecule has 1 aromatic heterocycles. The molecule has 0 N–H and O–H groups in total. The molecule has 0 aliphatic carbocycles. The minimum absolute atomic E-state index is 0.0582. The second kappa shape index (κ2) is 8.93. The molecule has 28 heavy (non-hydrogen) atoms. The van der Waals surface area contributed by atoms with E-state index in [1.54, 1.807) is 12.0 Å². The number of thioether (sulfide) groups is 1. The lowest BCUT2D eigenvalue weighted by Crippen LogP contribution is -2.32. The van der Waals surface area contributed by atoms with Gasteiger partial charge in [-0.15, -0.1) is 10.2 Å². The molecule has 1 atom stereocenters. The average Bonchev–Trinajstić information content (AvgIpc) is 3.08. The van der Waals surface area contributed by atoms with Crippen molar-refractivity contribution in [3.05, 3.63) is 60.2 Å². The number of ether oxygens (including phenoxy) is 1. The van der Waals surface area contributed by atoms with Crippen molar-refractivity contribution < 1.29 is 9.53 Å². The zero-order valence-corrected chi connectivity index (χ0v) is 17.3. The highest BCUT2D eigenvalue weighted by atomic mass is 32.2. The molecular weight excluding hydrogens is 372 g/mol. The molecule has 0 unspecified atom stereocenters. The summed E-state index contributed by atoms with van der Waals surface area (Å²) in [5.41, 5.74) is 2.05. The van der Waals surface area contributed by atoms with Crippen LogP contribution >= 0.6 is 11.8 Å². The Morgan fingerprint density at radius 1 is 1.14 bits per heavy atom. The number of methoxy groups -OCH3 is 1. The van der Waals surface area contributed by atoms with Crippen molar-refractivity contribution in [1.29, 1.82) is 0 Å². The Kier molecular flexibility index (Phi) is 6.36. The SMILES string of the molecule is COc1ccc(-c2nnc(S[C@@H](C)C(=O)N(C)Cc3ccccc3)n2C)cc1. The number of benzene rings is 2. The smallest absolute Gasteiger partial charge is 0.235 e. The van der Waals surface area contributed by atoms with Crippen LogP contribution in [0.5, 0.6) is 5.75 Å². The van der Waals surface area contributed by atoms with Gasteiger partial charge in [0.2, 0.25) is 5.91 Å². The Bertz CT molecular complexity index is 925. The molecule has 0 aliphatic rings. The largest absolute Gasteiger partial charge is 0.497 e. The van der Waals surface area contributed by atoms with Crippen LogP contribution in [0.2, 0.25) is 0 Å². The van der Waals surface area contributed by atoms with Crippen molar-refractivity contribution in [2.75, 3.05) is 14.2 Å². The molecule has 7 heteroatoms. The Morgan fingerprint density at radius 3 is 2.46 bits per heavy atom. The van der Waals surface area contributed by atoms with Gasteiger partial charge in [-0.3, -0.25) is 4.79 Å². The van der Waals surface area contributed by atoms with Gasteiger partial charge in [-0.2, -0.15) is 0 Å². The molecule has 1 heterocycles. The summed E-state index contributed by atoms with van der Waals surface area (Å²) in [4.78, 5) is 14.5. The molecule has 0 saturated carbocycles. The number of nitrogens with zero attached hydrogens (tertiary/aromatic N) is 4. The maximum absolute atomic E-state index is 12.7. The van der Waals surface area contributed by atoms with E-state index in [1.165, 1.54) is 11.8 Å². The minimum atomic E-state index is -0.264. The lowest BCUT2D eigenvalue weighted by Gasteiger charge is -2.21. The van der Waals surface area contributed by atoms with Gasteiger partial charge in [-0.05, 0) is 36.8 Å². The topological polar surface area (TPSA) is 60.3 Å². The quantitative estimate of drug-likeness (QED) is 0.571. The van der Waals surface area contributed by atoms with Gasteiger partial charge in [0.05, 0.1) is 12.4 Å². The second-order valence-electron chi connectivity index (χ2n) is 6.53. The van der Waals surface area contributed by atoms with Gasteiger partial charge in [-0.1, -0.05) is 42.1 Å². The van der Waals surface area contributed by atoms with Crippen LogP contribution in [0, 0.1) is 0 Å². The first-order chi connectivity index (χ1) is 13.5. The predicted molar refractivity (Wildman–Crippen MR) is 111 cm³/mol. The Morgan fingerprint density at radius 2 is 1.82 bits per heavy atom. The van der Waals surface area contributed by atoms with Gasteiger partial charge < -0.3 is 14.2 Å². The number of rotatable bonds is 7. The third-order valence-electron chi connectivity index (χ3n) is 4.45. The van der Waals surface area contributed by atoms with Gasteiger partial charge in [0.25, 0.3) is 0 Å². The van der Waals surface area contributed by atoms with Crippen LogP contribution in [0.25, 0.3) is 11.4 Å². The fraction of sp³-hybridized carbons (Fsp3) is 0.286. The summed E-state index contributed by atoms with van der Waals surface area (Å²) >= 11 is 1.41. The molecular formula is C21H24N4O2S. The van der Waals surface area contributed by atoms with Gasteiger partial charge in [0.15, 0.2) is 11.0 Å². The molecule has 146 valence electrons. The molecule has 3 rings (SSSR count). The van der Waals surface area contributed by atoms with Crippen LogP contribution in [0.4, 0.5) is 0 Å². The van der Waals surface area contributed by atoms with Crippen molar-refractivity contribution in [3.8, 4) is 17.1 Å². The maximum Gasteiger partial charge on any atom is 0.235 e. The Balaban J connectivity index is 1.67. The number of aromatic nitrogens is 3. The molecule has 0 fully saturated rings. The lowest BCUT2D eigenvalue weighted by molar-refractivity contribution is -0.129. The van der Waals surface area contributed by atoms with Gasteiger partial charge in [-0.25, -0.2) is 0 Å². The van der Waals surface area contributed by atoms with E-state index in [1.807, 2.05) is 80.2 Å². The normalized spacial score (nSPS) is 11.9.